The Hall–Kier alpha value is -0.610. The number of carboxylic acid groups (broad SMARTS) is 1. The molecule has 17 heavy (non-hydrogen) atoms. The van der Waals surface area contributed by atoms with Crippen molar-refractivity contribution in [3.8, 4) is 0 Å². The van der Waals surface area contributed by atoms with Crippen LogP contribution in [0.2, 0.25) is 0 Å². The smallest absolute Gasteiger partial charge is 0.306 e. The second-order valence-corrected chi connectivity index (χ2v) is 4.74. The van der Waals surface area contributed by atoms with Crippen molar-refractivity contribution in [2.45, 2.75) is 39.0 Å². The Morgan fingerprint density at radius 1 is 1.41 bits per heavy atom. The summed E-state index contributed by atoms with van der Waals surface area (Å²) in [5.74, 6) is -0.442. The van der Waals surface area contributed by atoms with Gasteiger partial charge in [-0.05, 0) is 45.2 Å². The lowest BCUT2D eigenvalue weighted by atomic mass is 9.79. The van der Waals surface area contributed by atoms with E-state index in [0.717, 1.165) is 52.0 Å². The normalized spacial score (nSPS) is 24.8. The van der Waals surface area contributed by atoms with E-state index in [1.165, 1.54) is 6.42 Å². The summed E-state index contributed by atoms with van der Waals surface area (Å²) in [7, 11) is 0. The van der Waals surface area contributed by atoms with Gasteiger partial charge in [0.15, 0.2) is 0 Å². The van der Waals surface area contributed by atoms with Crippen LogP contribution >= 0.6 is 0 Å². The van der Waals surface area contributed by atoms with E-state index in [1.807, 2.05) is 6.92 Å². The fourth-order valence-electron chi connectivity index (χ4n) is 2.51. The Bertz CT molecular complexity index is 221. The first-order valence-electron chi connectivity index (χ1n) is 6.77. The predicted octanol–water partition coefficient (Wildman–Crippen LogP) is 1.89. The molecule has 0 saturated heterocycles. The van der Waals surface area contributed by atoms with Crippen molar-refractivity contribution in [2.24, 2.45) is 11.8 Å². The Kier molecular flexibility index (Phi) is 7.21. The van der Waals surface area contributed by atoms with E-state index >= 15 is 0 Å². The van der Waals surface area contributed by atoms with Crippen molar-refractivity contribution >= 4 is 5.97 Å². The molecule has 0 aromatic heterocycles. The molecular weight excluding hydrogens is 218 g/mol. The maximum atomic E-state index is 11.1. The first-order valence-corrected chi connectivity index (χ1v) is 6.77. The third-order valence-corrected chi connectivity index (χ3v) is 3.48. The van der Waals surface area contributed by atoms with Crippen molar-refractivity contribution in [3.05, 3.63) is 0 Å². The van der Waals surface area contributed by atoms with E-state index in [0.29, 0.717) is 5.92 Å². The van der Waals surface area contributed by atoms with Crippen LogP contribution in [0.4, 0.5) is 0 Å². The van der Waals surface area contributed by atoms with Crippen LogP contribution in [-0.2, 0) is 9.53 Å². The zero-order valence-corrected chi connectivity index (χ0v) is 10.8. The highest BCUT2D eigenvalue weighted by Gasteiger charge is 2.30. The number of hydrogen-bond acceptors (Lipinski definition) is 3. The molecule has 0 bridgehead atoms. The average Bonchev–Trinajstić information content (AvgIpc) is 2.34. The average molecular weight is 243 g/mol. The van der Waals surface area contributed by atoms with Gasteiger partial charge in [0.1, 0.15) is 0 Å². The monoisotopic (exact) mass is 243 g/mol. The van der Waals surface area contributed by atoms with Gasteiger partial charge >= 0.3 is 5.97 Å². The molecule has 4 nitrogen and oxygen atoms in total. The molecule has 2 N–H and O–H groups in total. The van der Waals surface area contributed by atoms with Gasteiger partial charge < -0.3 is 15.2 Å². The minimum absolute atomic E-state index is 0.136. The quantitative estimate of drug-likeness (QED) is 0.639. The predicted molar refractivity (Wildman–Crippen MR) is 67.1 cm³/mol. The first kappa shape index (κ1) is 14.5. The molecule has 0 aromatic carbocycles. The number of nitrogens with one attached hydrogen (secondary N) is 1. The van der Waals surface area contributed by atoms with Crippen LogP contribution in [-0.4, -0.2) is 37.4 Å². The molecule has 4 heteroatoms. The molecule has 1 rings (SSSR count). The number of carbonyl (C=O) groups is 1. The maximum absolute atomic E-state index is 11.1. The summed E-state index contributed by atoms with van der Waals surface area (Å²) in [5, 5.41) is 12.5. The Morgan fingerprint density at radius 3 is 2.88 bits per heavy atom. The molecular formula is C13H25NO3. The lowest BCUT2D eigenvalue weighted by molar-refractivity contribution is -0.144. The number of hydrogen-bond donors (Lipinski definition) is 2. The summed E-state index contributed by atoms with van der Waals surface area (Å²) < 4.78 is 5.25. The van der Waals surface area contributed by atoms with Gasteiger partial charge in [0.2, 0.25) is 0 Å². The van der Waals surface area contributed by atoms with Crippen LogP contribution in [0.1, 0.15) is 39.0 Å². The van der Waals surface area contributed by atoms with E-state index in [9.17, 15) is 4.79 Å². The van der Waals surface area contributed by atoms with Crippen molar-refractivity contribution < 1.29 is 14.6 Å². The summed E-state index contributed by atoms with van der Waals surface area (Å²) in [4.78, 5) is 11.1. The van der Waals surface area contributed by atoms with Gasteiger partial charge in [0.25, 0.3) is 0 Å². The summed E-state index contributed by atoms with van der Waals surface area (Å²) in [6.45, 7) is 5.30. The van der Waals surface area contributed by atoms with Crippen LogP contribution in [0.15, 0.2) is 0 Å². The molecule has 1 saturated carbocycles. The molecule has 2 unspecified atom stereocenters. The van der Waals surface area contributed by atoms with E-state index in [2.05, 4.69) is 5.32 Å². The highest BCUT2D eigenvalue weighted by Crippen LogP contribution is 2.29. The maximum Gasteiger partial charge on any atom is 0.306 e. The van der Waals surface area contributed by atoms with Gasteiger partial charge in [0, 0.05) is 13.2 Å². The molecule has 0 spiro atoms. The van der Waals surface area contributed by atoms with E-state index < -0.39 is 5.97 Å². The zero-order chi connectivity index (χ0) is 12.5. The molecule has 1 aliphatic rings. The van der Waals surface area contributed by atoms with E-state index in [1.54, 1.807) is 0 Å². The van der Waals surface area contributed by atoms with Gasteiger partial charge in [-0.15, -0.1) is 0 Å². The van der Waals surface area contributed by atoms with Gasteiger partial charge in [-0.25, -0.2) is 0 Å². The topological polar surface area (TPSA) is 58.6 Å². The van der Waals surface area contributed by atoms with Crippen molar-refractivity contribution in [1.82, 2.24) is 5.32 Å². The minimum Gasteiger partial charge on any atom is -0.481 e. The standard InChI is InChI=1S/C13H25NO3/c1-2-17-9-5-8-14-10-11-6-3-4-7-12(11)13(15)16/h11-12,14H,2-10H2,1H3,(H,15,16). The van der Waals surface area contributed by atoms with Crippen molar-refractivity contribution in [2.75, 3.05) is 26.3 Å². The fraction of sp³-hybridized carbons (Fsp3) is 0.923. The summed E-state index contributed by atoms with van der Waals surface area (Å²) in [6, 6.07) is 0. The third-order valence-electron chi connectivity index (χ3n) is 3.48. The molecule has 0 aromatic rings. The van der Waals surface area contributed by atoms with Gasteiger partial charge in [0.05, 0.1) is 5.92 Å². The Morgan fingerprint density at radius 2 is 2.18 bits per heavy atom. The van der Waals surface area contributed by atoms with Crippen LogP contribution in [0, 0.1) is 11.8 Å². The minimum atomic E-state index is -0.620. The van der Waals surface area contributed by atoms with Crippen LogP contribution in [0.3, 0.4) is 0 Å². The number of rotatable bonds is 8. The molecule has 0 radical (unpaired) electrons. The summed E-state index contributed by atoms with van der Waals surface area (Å²) >= 11 is 0. The van der Waals surface area contributed by atoms with Gasteiger partial charge in [-0.3, -0.25) is 4.79 Å². The second kappa shape index (κ2) is 8.48. The van der Waals surface area contributed by atoms with Crippen molar-refractivity contribution in [1.29, 1.82) is 0 Å². The van der Waals surface area contributed by atoms with Crippen molar-refractivity contribution in [3.63, 3.8) is 0 Å². The molecule has 1 fully saturated rings. The molecule has 0 heterocycles. The summed E-state index contributed by atoms with van der Waals surface area (Å²) in [6.07, 6.45) is 5.14. The number of aliphatic carboxylic acids is 1. The van der Waals surface area contributed by atoms with E-state index in [4.69, 9.17) is 9.84 Å². The SMILES string of the molecule is CCOCCCNCC1CCCCC1C(=O)O. The highest BCUT2D eigenvalue weighted by molar-refractivity contribution is 5.70. The molecule has 100 valence electrons. The first-order chi connectivity index (χ1) is 8.25. The number of carboxylic acids is 1. The number of ether oxygens (including phenoxy) is 1. The Balaban J connectivity index is 2.13. The Labute approximate surface area is 104 Å². The summed E-state index contributed by atoms with van der Waals surface area (Å²) in [5.41, 5.74) is 0. The second-order valence-electron chi connectivity index (χ2n) is 4.74. The van der Waals surface area contributed by atoms with Gasteiger partial charge in [-0.2, -0.15) is 0 Å². The van der Waals surface area contributed by atoms with E-state index in [-0.39, 0.29) is 5.92 Å². The van der Waals surface area contributed by atoms with Crippen LogP contribution in [0.5, 0.6) is 0 Å². The molecule has 0 aliphatic heterocycles. The molecule has 0 amide bonds. The lowest BCUT2D eigenvalue weighted by Gasteiger charge is -2.28. The van der Waals surface area contributed by atoms with Crippen LogP contribution in [0.25, 0.3) is 0 Å². The lowest BCUT2D eigenvalue weighted by Crippen LogP contribution is -2.35. The largest absolute Gasteiger partial charge is 0.481 e. The third kappa shape index (κ3) is 5.50. The zero-order valence-electron chi connectivity index (χ0n) is 10.8. The molecule has 2 atom stereocenters. The van der Waals surface area contributed by atoms with Gasteiger partial charge in [-0.1, -0.05) is 12.8 Å². The highest BCUT2D eigenvalue weighted by atomic mass is 16.5. The fourth-order valence-corrected chi connectivity index (χ4v) is 2.51. The molecule has 1 aliphatic carbocycles. The van der Waals surface area contributed by atoms with Crippen LogP contribution < -0.4 is 5.32 Å².